The molecule has 0 radical (unpaired) electrons. The van der Waals surface area contributed by atoms with Crippen molar-refractivity contribution in [2.45, 2.75) is 13.0 Å². The third-order valence-electron chi connectivity index (χ3n) is 3.82. The van der Waals surface area contributed by atoms with E-state index in [1.165, 1.54) is 28.1 Å². The first-order valence-corrected chi connectivity index (χ1v) is 6.74. The molecule has 0 bridgehead atoms. The Morgan fingerprint density at radius 2 is 1.74 bits per heavy atom. The van der Waals surface area contributed by atoms with Crippen LogP contribution >= 0.6 is 0 Å². The second-order valence-corrected chi connectivity index (χ2v) is 5.52. The minimum atomic E-state index is 0.999. The number of para-hydroxylation sites is 1. The first kappa shape index (κ1) is 12.2. The Kier molecular flexibility index (Phi) is 3.03. The van der Waals surface area contributed by atoms with Crippen molar-refractivity contribution in [2.75, 3.05) is 26.0 Å². The smallest absolute Gasteiger partial charge is 0.0447 e. The molecule has 0 saturated carbocycles. The number of hydrogen-bond acceptors (Lipinski definition) is 2. The van der Waals surface area contributed by atoms with Crippen LogP contribution in [0.4, 0.5) is 11.4 Å². The molecule has 0 atom stereocenters. The van der Waals surface area contributed by atoms with E-state index in [9.17, 15) is 0 Å². The number of nitrogens with zero attached hydrogens (tertiary/aromatic N) is 2. The summed E-state index contributed by atoms with van der Waals surface area (Å²) in [4.78, 5) is 4.55. The van der Waals surface area contributed by atoms with Gasteiger partial charge >= 0.3 is 0 Å². The largest absolute Gasteiger partial charge is 0.344 e. The van der Waals surface area contributed by atoms with Gasteiger partial charge in [0.15, 0.2) is 0 Å². The molecule has 19 heavy (non-hydrogen) atoms. The Bertz CT molecular complexity index is 602. The Morgan fingerprint density at radius 3 is 2.53 bits per heavy atom. The minimum Gasteiger partial charge on any atom is -0.344 e. The predicted molar refractivity (Wildman–Crippen MR) is 81.1 cm³/mol. The monoisotopic (exact) mass is 252 g/mol. The lowest BCUT2D eigenvalue weighted by Gasteiger charge is -2.32. The summed E-state index contributed by atoms with van der Waals surface area (Å²) < 4.78 is 0. The summed E-state index contributed by atoms with van der Waals surface area (Å²) in [5.74, 6) is 0. The van der Waals surface area contributed by atoms with Crippen LogP contribution in [-0.2, 0) is 13.0 Å². The van der Waals surface area contributed by atoms with Gasteiger partial charge in [0.05, 0.1) is 0 Å². The molecule has 0 N–H and O–H groups in total. The lowest BCUT2D eigenvalue weighted by molar-refractivity contribution is 0.401. The Balaban J connectivity index is 2.09. The van der Waals surface area contributed by atoms with Gasteiger partial charge in [-0.2, -0.15) is 0 Å². The minimum absolute atomic E-state index is 0.999. The van der Waals surface area contributed by atoms with Gasteiger partial charge in [0.1, 0.15) is 0 Å². The number of rotatable bonds is 2. The number of hydrogen-bond donors (Lipinski definition) is 0. The molecule has 1 aliphatic heterocycles. The van der Waals surface area contributed by atoms with E-state index in [-0.39, 0.29) is 0 Å². The molecule has 0 aromatic heterocycles. The molecule has 1 heterocycles. The predicted octanol–water partition coefficient (Wildman–Crippen LogP) is 3.42. The molecular weight excluding hydrogens is 232 g/mol. The van der Waals surface area contributed by atoms with Crippen LogP contribution in [0, 0.1) is 0 Å². The maximum atomic E-state index is 2.31. The molecule has 0 amide bonds. The van der Waals surface area contributed by atoms with Gasteiger partial charge in [-0.1, -0.05) is 30.3 Å². The molecule has 0 saturated heterocycles. The van der Waals surface area contributed by atoms with E-state index >= 15 is 0 Å². The van der Waals surface area contributed by atoms with Gasteiger partial charge in [-0.15, -0.1) is 0 Å². The van der Waals surface area contributed by atoms with Gasteiger partial charge in [0.25, 0.3) is 0 Å². The molecule has 1 aliphatic rings. The van der Waals surface area contributed by atoms with Crippen LogP contribution in [0.1, 0.15) is 16.7 Å². The van der Waals surface area contributed by atoms with Gasteiger partial charge in [0, 0.05) is 31.4 Å². The number of benzene rings is 2. The van der Waals surface area contributed by atoms with Crippen molar-refractivity contribution >= 4 is 11.4 Å². The molecule has 3 rings (SSSR count). The van der Waals surface area contributed by atoms with Crippen LogP contribution in [0.5, 0.6) is 0 Å². The van der Waals surface area contributed by atoms with Crippen molar-refractivity contribution in [2.24, 2.45) is 0 Å². The number of fused-ring (bicyclic) bond motifs is 2. The first-order chi connectivity index (χ1) is 9.16. The highest BCUT2D eigenvalue weighted by Gasteiger charge is 2.21. The van der Waals surface area contributed by atoms with E-state index in [1.807, 2.05) is 0 Å². The normalized spacial score (nSPS) is 13.4. The van der Waals surface area contributed by atoms with Gasteiger partial charge in [-0.3, -0.25) is 0 Å². The molecule has 0 unspecified atom stereocenters. The highest BCUT2D eigenvalue weighted by molar-refractivity contribution is 5.74. The van der Waals surface area contributed by atoms with E-state index < -0.39 is 0 Å². The maximum absolute atomic E-state index is 2.31. The van der Waals surface area contributed by atoms with E-state index in [1.54, 1.807) is 0 Å². The third kappa shape index (κ3) is 2.13. The second kappa shape index (κ2) is 4.71. The van der Waals surface area contributed by atoms with Crippen molar-refractivity contribution in [1.29, 1.82) is 0 Å². The lowest BCUT2D eigenvalue weighted by atomic mass is 9.92. The second-order valence-electron chi connectivity index (χ2n) is 5.52. The van der Waals surface area contributed by atoms with E-state index in [0.717, 1.165) is 13.0 Å². The van der Waals surface area contributed by atoms with Crippen molar-refractivity contribution in [3.63, 3.8) is 0 Å². The quantitative estimate of drug-likeness (QED) is 0.808. The lowest BCUT2D eigenvalue weighted by Crippen LogP contribution is -2.21. The fraction of sp³-hybridized carbons (Fsp3) is 0.294. The fourth-order valence-electron chi connectivity index (χ4n) is 2.94. The van der Waals surface area contributed by atoms with Crippen LogP contribution < -0.4 is 4.90 Å². The van der Waals surface area contributed by atoms with Crippen molar-refractivity contribution in [3.05, 3.63) is 59.2 Å². The van der Waals surface area contributed by atoms with Crippen LogP contribution in [0.3, 0.4) is 0 Å². The molecule has 2 aromatic carbocycles. The summed E-state index contributed by atoms with van der Waals surface area (Å²) in [6.07, 6.45) is 1.04. The molecule has 2 nitrogen and oxygen atoms in total. The summed E-state index contributed by atoms with van der Waals surface area (Å²) in [7, 11) is 6.41. The average molecular weight is 252 g/mol. The molecule has 98 valence electrons. The summed E-state index contributed by atoms with van der Waals surface area (Å²) in [5, 5.41) is 0. The average Bonchev–Trinajstić information content (AvgIpc) is 2.40. The van der Waals surface area contributed by atoms with Crippen LogP contribution in [-0.4, -0.2) is 26.0 Å². The Labute approximate surface area is 115 Å². The van der Waals surface area contributed by atoms with E-state index in [4.69, 9.17) is 0 Å². The van der Waals surface area contributed by atoms with Crippen LogP contribution in [0.15, 0.2) is 42.5 Å². The first-order valence-electron chi connectivity index (χ1n) is 6.74. The SMILES string of the molecule is CN(C)Cc1cccc2c1Cc1ccccc1N2C. The van der Waals surface area contributed by atoms with Gasteiger partial charge in [-0.25, -0.2) is 0 Å². The van der Waals surface area contributed by atoms with Crippen molar-refractivity contribution in [1.82, 2.24) is 4.90 Å². The van der Waals surface area contributed by atoms with Gasteiger partial charge < -0.3 is 9.80 Å². The molecule has 2 heteroatoms. The van der Waals surface area contributed by atoms with Gasteiger partial charge in [0.2, 0.25) is 0 Å². The van der Waals surface area contributed by atoms with Crippen molar-refractivity contribution in [3.8, 4) is 0 Å². The molecule has 0 fully saturated rings. The molecule has 0 aliphatic carbocycles. The zero-order chi connectivity index (χ0) is 13.4. The summed E-state index contributed by atoms with van der Waals surface area (Å²) >= 11 is 0. The van der Waals surface area contributed by atoms with Crippen LogP contribution in [0.25, 0.3) is 0 Å². The highest BCUT2D eigenvalue weighted by Crippen LogP contribution is 2.38. The zero-order valence-corrected chi connectivity index (χ0v) is 11.9. The highest BCUT2D eigenvalue weighted by atomic mass is 15.1. The molecule has 2 aromatic rings. The van der Waals surface area contributed by atoms with Crippen molar-refractivity contribution < 1.29 is 0 Å². The standard InChI is InChI=1S/C17H20N2/c1-18(2)12-14-8-6-10-17-15(14)11-13-7-4-5-9-16(13)19(17)3/h4-10H,11-12H2,1-3H3. The maximum Gasteiger partial charge on any atom is 0.0447 e. The molecular formula is C17H20N2. The summed E-state index contributed by atoms with van der Waals surface area (Å²) in [6, 6.07) is 15.3. The summed E-state index contributed by atoms with van der Waals surface area (Å²) in [6.45, 7) is 0.999. The van der Waals surface area contributed by atoms with E-state index in [0.29, 0.717) is 0 Å². The Hall–Kier alpha value is -1.80. The molecule has 0 spiro atoms. The van der Waals surface area contributed by atoms with E-state index in [2.05, 4.69) is 73.4 Å². The topological polar surface area (TPSA) is 6.48 Å². The van der Waals surface area contributed by atoms with Crippen LogP contribution in [0.2, 0.25) is 0 Å². The fourth-order valence-corrected chi connectivity index (χ4v) is 2.94. The Morgan fingerprint density at radius 1 is 1.00 bits per heavy atom. The number of anilines is 2. The summed E-state index contributed by atoms with van der Waals surface area (Å²) in [5.41, 5.74) is 7.00. The van der Waals surface area contributed by atoms with Gasteiger partial charge in [-0.05, 0) is 42.9 Å². The zero-order valence-electron chi connectivity index (χ0n) is 11.9. The third-order valence-corrected chi connectivity index (χ3v) is 3.82.